The van der Waals surface area contributed by atoms with Crippen molar-refractivity contribution in [3.63, 3.8) is 0 Å². The first-order valence-electron chi connectivity index (χ1n) is 6.50. The van der Waals surface area contributed by atoms with Crippen LogP contribution < -0.4 is 11.1 Å². The van der Waals surface area contributed by atoms with Crippen LogP contribution in [0.15, 0.2) is 18.2 Å². The van der Waals surface area contributed by atoms with Gasteiger partial charge in [-0.1, -0.05) is 26.0 Å². The Balaban J connectivity index is 2.45. The maximum atomic E-state index is 5.95. The highest BCUT2D eigenvalue weighted by molar-refractivity contribution is 5.69. The molecular formula is C14H25N3. The van der Waals surface area contributed by atoms with E-state index in [2.05, 4.69) is 37.1 Å². The Bertz CT molecular complexity index is 316. The van der Waals surface area contributed by atoms with Gasteiger partial charge in [0.1, 0.15) is 0 Å². The molecule has 1 aromatic rings. The average Bonchev–Trinajstić information content (AvgIpc) is 2.31. The normalized spacial score (nSPS) is 10.8. The maximum absolute atomic E-state index is 5.95. The molecule has 1 rings (SSSR count). The lowest BCUT2D eigenvalue weighted by atomic mass is 10.1. The molecule has 0 saturated carbocycles. The minimum Gasteiger partial charge on any atom is -0.397 e. The molecule has 0 heterocycles. The van der Waals surface area contributed by atoms with E-state index in [9.17, 15) is 0 Å². The summed E-state index contributed by atoms with van der Waals surface area (Å²) < 4.78 is 0. The molecule has 3 heteroatoms. The zero-order chi connectivity index (χ0) is 12.7. The number of benzene rings is 1. The van der Waals surface area contributed by atoms with Gasteiger partial charge in [-0.05, 0) is 38.1 Å². The molecule has 0 bridgehead atoms. The zero-order valence-corrected chi connectivity index (χ0v) is 11.3. The van der Waals surface area contributed by atoms with Crippen LogP contribution in [0.5, 0.6) is 0 Å². The van der Waals surface area contributed by atoms with Crippen molar-refractivity contribution in [2.24, 2.45) is 0 Å². The molecule has 96 valence electrons. The van der Waals surface area contributed by atoms with Crippen molar-refractivity contribution in [2.75, 3.05) is 37.2 Å². The maximum Gasteiger partial charge on any atom is 0.0604 e. The quantitative estimate of drug-likeness (QED) is 0.714. The third-order valence-corrected chi connectivity index (χ3v) is 3.02. The van der Waals surface area contributed by atoms with Gasteiger partial charge in [0.05, 0.1) is 11.4 Å². The molecule has 3 nitrogen and oxygen atoms in total. The highest BCUT2D eigenvalue weighted by atomic mass is 15.1. The first kappa shape index (κ1) is 13.8. The number of hydrogen-bond donors (Lipinski definition) is 2. The summed E-state index contributed by atoms with van der Waals surface area (Å²) in [6, 6.07) is 6.02. The standard InChI is InChI=1S/C14H25N3/c1-4-10-17(5-2)11-9-16-14-12(3)7-6-8-13(14)15/h6-8,16H,4-5,9-11,15H2,1-3H3. The Labute approximate surface area is 105 Å². The number of nitrogen functional groups attached to an aromatic ring is 1. The average molecular weight is 235 g/mol. The van der Waals surface area contributed by atoms with Crippen LogP contribution in [-0.2, 0) is 0 Å². The Morgan fingerprint density at radius 1 is 1.24 bits per heavy atom. The minimum absolute atomic E-state index is 0.837. The smallest absolute Gasteiger partial charge is 0.0604 e. The lowest BCUT2D eigenvalue weighted by Gasteiger charge is -2.20. The molecule has 0 radical (unpaired) electrons. The van der Waals surface area contributed by atoms with Crippen molar-refractivity contribution >= 4 is 11.4 Å². The van der Waals surface area contributed by atoms with Gasteiger partial charge in [0.2, 0.25) is 0 Å². The van der Waals surface area contributed by atoms with Crippen molar-refractivity contribution in [1.82, 2.24) is 4.90 Å². The van der Waals surface area contributed by atoms with Crippen molar-refractivity contribution in [3.05, 3.63) is 23.8 Å². The van der Waals surface area contributed by atoms with Gasteiger partial charge in [-0.2, -0.15) is 0 Å². The van der Waals surface area contributed by atoms with Gasteiger partial charge >= 0.3 is 0 Å². The Hall–Kier alpha value is -1.22. The SMILES string of the molecule is CCCN(CC)CCNc1c(C)cccc1N. The van der Waals surface area contributed by atoms with Crippen LogP contribution in [0.3, 0.4) is 0 Å². The molecular weight excluding hydrogens is 210 g/mol. The van der Waals surface area contributed by atoms with Gasteiger partial charge in [0.15, 0.2) is 0 Å². The fourth-order valence-corrected chi connectivity index (χ4v) is 2.02. The minimum atomic E-state index is 0.837. The third kappa shape index (κ3) is 4.27. The van der Waals surface area contributed by atoms with Gasteiger partial charge in [-0.15, -0.1) is 0 Å². The summed E-state index contributed by atoms with van der Waals surface area (Å²) in [7, 11) is 0. The number of nitrogens with zero attached hydrogens (tertiary/aromatic N) is 1. The summed E-state index contributed by atoms with van der Waals surface area (Å²) in [5.41, 5.74) is 9.08. The van der Waals surface area contributed by atoms with E-state index in [1.165, 1.54) is 18.5 Å². The zero-order valence-electron chi connectivity index (χ0n) is 11.3. The Kier molecular flexibility index (Phi) is 5.84. The van der Waals surface area contributed by atoms with Crippen molar-refractivity contribution in [3.8, 4) is 0 Å². The fourth-order valence-electron chi connectivity index (χ4n) is 2.02. The molecule has 0 spiro atoms. The number of nitrogens with two attached hydrogens (primary N) is 1. The van der Waals surface area contributed by atoms with Crippen LogP contribution in [0.25, 0.3) is 0 Å². The number of nitrogens with one attached hydrogen (secondary N) is 1. The second kappa shape index (κ2) is 7.17. The highest BCUT2D eigenvalue weighted by Crippen LogP contribution is 2.21. The van der Waals surface area contributed by atoms with E-state index in [1.807, 2.05) is 12.1 Å². The molecule has 0 aliphatic rings. The van der Waals surface area contributed by atoms with Gasteiger partial charge in [0.25, 0.3) is 0 Å². The van der Waals surface area contributed by atoms with Crippen LogP contribution in [-0.4, -0.2) is 31.1 Å². The second-order valence-electron chi connectivity index (χ2n) is 4.40. The molecule has 0 aromatic heterocycles. The molecule has 0 atom stereocenters. The van der Waals surface area contributed by atoms with E-state index in [0.29, 0.717) is 0 Å². The monoisotopic (exact) mass is 235 g/mol. The van der Waals surface area contributed by atoms with Gasteiger partial charge in [-0.25, -0.2) is 0 Å². The first-order valence-corrected chi connectivity index (χ1v) is 6.50. The molecule has 0 fully saturated rings. The van der Waals surface area contributed by atoms with Gasteiger partial charge < -0.3 is 16.0 Å². The molecule has 0 saturated heterocycles. The molecule has 0 aliphatic heterocycles. The molecule has 0 aliphatic carbocycles. The Morgan fingerprint density at radius 2 is 2.00 bits per heavy atom. The van der Waals surface area contributed by atoms with Crippen LogP contribution in [0.4, 0.5) is 11.4 Å². The lowest BCUT2D eigenvalue weighted by Crippen LogP contribution is -2.29. The second-order valence-corrected chi connectivity index (χ2v) is 4.40. The van der Waals surface area contributed by atoms with E-state index < -0.39 is 0 Å². The molecule has 3 N–H and O–H groups in total. The van der Waals surface area contributed by atoms with Gasteiger partial charge in [0, 0.05) is 13.1 Å². The number of para-hydroxylation sites is 1. The van der Waals surface area contributed by atoms with Crippen LogP contribution in [0, 0.1) is 6.92 Å². The summed E-state index contributed by atoms with van der Waals surface area (Å²) in [4.78, 5) is 2.45. The summed E-state index contributed by atoms with van der Waals surface area (Å²) in [5, 5.41) is 3.44. The van der Waals surface area contributed by atoms with E-state index >= 15 is 0 Å². The summed E-state index contributed by atoms with van der Waals surface area (Å²) in [6.07, 6.45) is 1.21. The highest BCUT2D eigenvalue weighted by Gasteiger charge is 2.03. The number of rotatable bonds is 7. The van der Waals surface area contributed by atoms with Gasteiger partial charge in [-0.3, -0.25) is 0 Å². The molecule has 17 heavy (non-hydrogen) atoms. The van der Waals surface area contributed by atoms with E-state index in [-0.39, 0.29) is 0 Å². The predicted octanol–water partition coefficient (Wildman–Crippen LogP) is 2.72. The third-order valence-electron chi connectivity index (χ3n) is 3.02. The number of aryl methyl sites for hydroxylation is 1. The topological polar surface area (TPSA) is 41.3 Å². The summed E-state index contributed by atoms with van der Waals surface area (Å²) >= 11 is 0. The molecule has 0 amide bonds. The Morgan fingerprint density at radius 3 is 2.59 bits per heavy atom. The number of hydrogen-bond acceptors (Lipinski definition) is 3. The van der Waals surface area contributed by atoms with Crippen LogP contribution >= 0.6 is 0 Å². The summed E-state index contributed by atoms with van der Waals surface area (Å²) in [6.45, 7) is 10.8. The van der Waals surface area contributed by atoms with Crippen molar-refractivity contribution in [2.45, 2.75) is 27.2 Å². The van der Waals surface area contributed by atoms with E-state index in [4.69, 9.17) is 5.73 Å². The van der Waals surface area contributed by atoms with Crippen molar-refractivity contribution < 1.29 is 0 Å². The number of anilines is 2. The van der Waals surface area contributed by atoms with E-state index in [1.54, 1.807) is 0 Å². The lowest BCUT2D eigenvalue weighted by molar-refractivity contribution is 0.300. The van der Waals surface area contributed by atoms with Crippen LogP contribution in [0.2, 0.25) is 0 Å². The molecule has 0 unspecified atom stereocenters. The number of likely N-dealkylation sites (N-methyl/N-ethyl adjacent to an activating group) is 1. The van der Waals surface area contributed by atoms with Crippen LogP contribution in [0.1, 0.15) is 25.8 Å². The fraction of sp³-hybridized carbons (Fsp3) is 0.571. The largest absolute Gasteiger partial charge is 0.397 e. The van der Waals surface area contributed by atoms with E-state index in [0.717, 1.165) is 31.0 Å². The van der Waals surface area contributed by atoms with Crippen molar-refractivity contribution in [1.29, 1.82) is 0 Å². The molecule has 1 aromatic carbocycles. The summed E-state index contributed by atoms with van der Waals surface area (Å²) in [5.74, 6) is 0. The first-order chi connectivity index (χ1) is 8.19. The predicted molar refractivity (Wildman–Crippen MR) is 76.5 cm³/mol.